The lowest BCUT2D eigenvalue weighted by Crippen LogP contribution is -2.10. The van der Waals surface area contributed by atoms with Gasteiger partial charge in [-0.05, 0) is 30.3 Å². The van der Waals surface area contributed by atoms with E-state index < -0.39 is 0 Å². The third-order valence-corrected chi connectivity index (χ3v) is 6.37. The van der Waals surface area contributed by atoms with E-state index in [-0.39, 0.29) is 16.5 Å². The number of rotatable bonds is 4. The van der Waals surface area contributed by atoms with Crippen LogP contribution in [0.3, 0.4) is 0 Å². The second-order valence-electron chi connectivity index (χ2n) is 5.75. The molecule has 1 heterocycles. The van der Waals surface area contributed by atoms with E-state index in [1.165, 1.54) is 9.79 Å². The first-order valence-electron chi connectivity index (χ1n) is 8.14. The topological polar surface area (TPSA) is 30.2 Å². The standard InChI is InChI=1S/C22H17O2S/c23-22-15-17(20-13-7-8-14-21(20)24-22)16-25(18-9-3-1-4-10-18)19-11-5-2-6-12-19/h1-15H,16H2/q+1. The molecule has 3 heteroatoms. The van der Waals surface area contributed by atoms with Crippen molar-refractivity contribution < 1.29 is 4.42 Å². The Morgan fingerprint density at radius 2 is 1.28 bits per heavy atom. The van der Waals surface area contributed by atoms with Crippen LogP contribution in [0.1, 0.15) is 5.56 Å². The molecule has 0 unspecified atom stereocenters. The molecule has 25 heavy (non-hydrogen) atoms. The van der Waals surface area contributed by atoms with Crippen molar-refractivity contribution in [2.24, 2.45) is 0 Å². The summed E-state index contributed by atoms with van der Waals surface area (Å²) in [6, 6.07) is 30.3. The Kier molecular flexibility index (Phi) is 4.40. The Hall–Kier alpha value is -2.78. The van der Waals surface area contributed by atoms with Crippen molar-refractivity contribution in [3.05, 3.63) is 107 Å². The Morgan fingerprint density at radius 3 is 1.92 bits per heavy atom. The normalized spacial score (nSPS) is 11.1. The van der Waals surface area contributed by atoms with Crippen LogP contribution in [0.15, 0.2) is 110 Å². The summed E-state index contributed by atoms with van der Waals surface area (Å²) in [6.07, 6.45) is 0. The van der Waals surface area contributed by atoms with E-state index in [0.717, 1.165) is 16.7 Å². The van der Waals surface area contributed by atoms with E-state index in [4.69, 9.17) is 4.42 Å². The molecule has 3 aromatic carbocycles. The summed E-state index contributed by atoms with van der Waals surface area (Å²) in [4.78, 5) is 14.5. The highest BCUT2D eigenvalue weighted by molar-refractivity contribution is 7.96. The Balaban J connectivity index is 1.84. The third-order valence-electron chi connectivity index (χ3n) is 4.09. The number of benzene rings is 3. The van der Waals surface area contributed by atoms with Crippen LogP contribution in [0.2, 0.25) is 0 Å². The molecule has 0 N–H and O–H groups in total. The van der Waals surface area contributed by atoms with E-state index in [1.54, 1.807) is 6.07 Å². The zero-order valence-corrected chi connectivity index (χ0v) is 14.4. The summed E-state index contributed by atoms with van der Waals surface area (Å²) in [5.41, 5.74) is 1.39. The summed E-state index contributed by atoms with van der Waals surface area (Å²) < 4.78 is 5.34. The molecule has 0 aliphatic carbocycles. The SMILES string of the molecule is O=c1cc(C[S+](c2ccccc2)c2ccccc2)c2ccccc2o1. The van der Waals surface area contributed by atoms with Gasteiger partial charge in [0.15, 0.2) is 9.79 Å². The molecule has 0 atom stereocenters. The molecule has 0 saturated carbocycles. The number of hydrogen-bond acceptors (Lipinski definition) is 2. The van der Waals surface area contributed by atoms with Crippen LogP contribution in [-0.4, -0.2) is 0 Å². The average Bonchev–Trinajstić information content (AvgIpc) is 2.67. The molecule has 1 aromatic heterocycles. The highest BCUT2D eigenvalue weighted by Crippen LogP contribution is 2.29. The Labute approximate surface area is 149 Å². The molecule has 0 radical (unpaired) electrons. The highest BCUT2D eigenvalue weighted by Gasteiger charge is 2.26. The van der Waals surface area contributed by atoms with Crippen molar-refractivity contribution in [1.82, 2.24) is 0 Å². The first kappa shape index (κ1) is 15.7. The second kappa shape index (κ2) is 6.99. The molecule has 2 nitrogen and oxygen atoms in total. The number of para-hydroxylation sites is 1. The zero-order chi connectivity index (χ0) is 17.1. The van der Waals surface area contributed by atoms with Crippen LogP contribution in [0.4, 0.5) is 0 Å². The molecule has 0 spiro atoms. The first-order chi connectivity index (χ1) is 12.3. The summed E-state index contributed by atoms with van der Waals surface area (Å²) in [5, 5.41) is 1.01. The van der Waals surface area contributed by atoms with Crippen molar-refractivity contribution in [1.29, 1.82) is 0 Å². The van der Waals surface area contributed by atoms with Gasteiger partial charge in [-0.2, -0.15) is 0 Å². The fourth-order valence-electron chi connectivity index (χ4n) is 2.93. The van der Waals surface area contributed by atoms with E-state index in [2.05, 4.69) is 48.5 Å². The maximum atomic E-state index is 12.0. The van der Waals surface area contributed by atoms with Crippen molar-refractivity contribution in [2.45, 2.75) is 15.5 Å². The molecule has 0 aliphatic rings. The van der Waals surface area contributed by atoms with Crippen LogP contribution in [0.25, 0.3) is 11.0 Å². The fourth-order valence-corrected chi connectivity index (χ4v) is 5.05. The van der Waals surface area contributed by atoms with Gasteiger partial charge in [0, 0.05) is 17.0 Å². The highest BCUT2D eigenvalue weighted by atomic mass is 32.2. The van der Waals surface area contributed by atoms with Gasteiger partial charge in [-0.25, -0.2) is 4.79 Å². The lowest BCUT2D eigenvalue weighted by atomic mass is 10.1. The molecule has 0 fully saturated rings. The lowest BCUT2D eigenvalue weighted by Gasteiger charge is -2.09. The minimum Gasteiger partial charge on any atom is -0.423 e. The molecule has 0 bridgehead atoms. The van der Waals surface area contributed by atoms with E-state index in [1.807, 2.05) is 36.4 Å². The molecular weight excluding hydrogens is 328 g/mol. The number of hydrogen-bond donors (Lipinski definition) is 0. The predicted molar refractivity (Wildman–Crippen MR) is 103 cm³/mol. The van der Waals surface area contributed by atoms with Gasteiger partial charge in [0.25, 0.3) is 0 Å². The van der Waals surface area contributed by atoms with E-state index >= 15 is 0 Å². The van der Waals surface area contributed by atoms with Gasteiger partial charge < -0.3 is 4.42 Å². The number of fused-ring (bicyclic) bond motifs is 1. The van der Waals surface area contributed by atoms with Gasteiger partial charge in [-0.15, -0.1) is 0 Å². The van der Waals surface area contributed by atoms with Gasteiger partial charge in [0.1, 0.15) is 11.3 Å². The summed E-state index contributed by atoms with van der Waals surface area (Å²) >= 11 is 0. The maximum Gasteiger partial charge on any atom is 0.336 e. The third kappa shape index (κ3) is 3.37. The average molecular weight is 345 g/mol. The molecule has 0 amide bonds. The maximum absolute atomic E-state index is 12.0. The van der Waals surface area contributed by atoms with Gasteiger partial charge in [0.05, 0.1) is 10.9 Å². The minimum atomic E-state index is -0.293. The smallest absolute Gasteiger partial charge is 0.336 e. The molecule has 4 aromatic rings. The van der Waals surface area contributed by atoms with E-state index in [0.29, 0.717) is 5.58 Å². The van der Waals surface area contributed by atoms with Crippen molar-refractivity contribution >= 4 is 21.9 Å². The monoisotopic (exact) mass is 345 g/mol. The summed E-state index contributed by atoms with van der Waals surface area (Å²) in [7, 11) is -0.147. The molecule has 4 rings (SSSR count). The minimum absolute atomic E-state index is 0.147. The van der Waals surface area contributed by atoms with Gasteiger partial charge in [0.2, 0.25) is 0 Å². The predicted octanol–water partition coefficient (Wildman–Crippen LogP) is 5.03. The zero-order valence-electron chi connectivity index (χ0n) is 13.6. The fraction of sp³-hybridized carbons (Fsp3) is 0.0455. The van der Waals surface area contributed by atoms with Crippen LogP contribution >= 0.6 is 0 Å². The quantitative estimate of drug-likeness (QED) is 0.384. The van der Waals surface area contributed by atoms with Gasteiger partial charge in [-0.1, -0.05) is 54.6 Å². The Morgan fingerprint density at radius 1 is 0.720 bits per heavy atom. The van der Waals surface area contributed by atoms with Gasteiger partial charge >= 0.3 is 5.63 Å². The summed E-state index contributed by atoms with van der Waals surface area (Å²) in [5.74, 6) is 0.778. The van der Waals surface area contributed by atoms with Crippen molar-refractivity contribution in [3.8, 4) is 0 Å². The largest absolute Gasteiger partial charge is 0.423 e. The van der Waals surface area contributed by atoms with Crippen molar-refractivity contribution in [2.75, 3.05) is 0 Å². The lowest BCUT2D eigenvalue weighted by molar-refractivity contribution is 0.559. The van der Waals surface area contributed by atoms with Crippen LogP contribution < -0.4 is 5.63 Å². The molecule has 0 saturated heterocycles. The summed E-state index contributed by atoms with van der Waals surface area (Å²) in [6.45, 7) is 0. The van der Waals surface area contributed by atoms with Crippen molar-refractivity contribution in [3.63, 3.8) is 0 Å². The molecular formula is C22H17O2S+. The van der Waals surface area contributed by atoms with Gasteiger partial charge in [-0.3, -0.25) is 0 Å². The second-order valence-corrected chi connectivity index (χ2v) is 7.76. The molecule has 0 aliphatic heterocycles. The van der Waals surface area contributed by atoms with Crippen LogP contribution in [0, 0.1) is 0 Å². The van der Waals surface area contributed by atoms with Crippen LogP contribution in [0.5, 0.6) is 0 Å². The van der Waals surface area contributed by atoms with Crippen LogP contribution in [-0.2, 0) is 16.6 Å². The van der Waals surface area contributed by atoms with E-state index in [9.17, 15) is 4.79 Å². The first-order valence-corrected chi connectivity index (χ1v) is 9.53. The Bertz CT molecular complexity index is 1000. The molecule has 122 valence electrons.